The van der Waals surface area contributed by atoms with Gasteiger partial charge in [0.2, 0.25) is 0 Å². The van der Waals surface area contributed by atoms with Crippen LogP contribution >= 0.6 is 0 Å². The van der Waals surface area contributed by atoms with Crippen LogP contribution in [0.25, 0.3) is 0 Å². The number of hydrogen-bond donors (Lipinski definition) is 3. The number of ether oxygens (including phenoxy) is 1. The second-order valence-corrected chi connectivity index (χ2v) is 4.78. The van der Waals surface area contributed by atoms with E-state index < -0.39 is 0 Å². The Bertz CT molecular complexity index is 378. The van der Waals surface area contributed by atoms with E-state index in [4.69, 9.17) is 16.2 Å². The van der Waals surface area contributed by atoms with Gasteiger partial charge in [-0.3, -0.25) is 0 Å². The van der Waals surface area contributed by atoms with Gasteiger partial charge in [-0.25, -0.2) is 0 Å². The van der Waals surface area contributed by atoms with E-state index in [9.17, 15) is 5.11 Å². The highest BCUT2D eigenvalue weighted by atomic mass is 16.5. The molecule has 18 heavy (non-hydrogen) atoms. The van der Waals surface area contributed by atoms with Gasteiger partial charge in [0, 0.05) is 5.56 Å². The van der Waals surface area contributed by atoms with Gasteiger partial charge in [-0.1, -0.05) is 26.0 Å². The number of para-hydroxylation sites is 1. The van der Waals surface area contributed by atoms with Crippen molar-refractivity contribution in [2.24, 2.45) is 23.3 Å². The van der Waals surface area contributed by atoms with E-state index in [-0.39, 0.29) is 17.6 Å². The quantitative estimate of drug-likeness (QED) is 0.719. The number of benzene rings is 1. The molecule has 0 spiro atoms. The van der Waals surface area contributed by atoms with Gasteiger partial charge in [-0.2, -0.15) is 0 Å². The van der Waals surface area contributed by atoms with E-state index in [1.807, 2.05) is 12.1 Å². The number of nitrogens with two attached hydrogens (primary N) is 2. The van der Waals surface area contributed by atoms with Crippen LogP contribution in [0.1, 0.15) is 25.3 Å². The van der Waals surface area contributed by atoms with Crippen molar-refractivity contribution in [3.63, 3.8) is 0 Å². The summed E-state index contributed by atoms with van der Waals surface area (Å²) in [5.74, 6) is 1.46. The van der Waals surface area contributed by atoms with Crippen molar-refractivity contribution in [2.75, 3.05) is 20.2 Å². The summed E-state index contributed by atoms with van der Waals surface area (Å²) in [6, 6.07) is 5.56. The van der Waals surface area contributed by atoms with Crippen LogP contribution in [-0.4, -0.2) is 25.3 Å². The summed E-state index contributed by atoms with van der Waals surface area (Å²) in [5, 5.41) is 10.1. The van der Waals surface area contributed by atoms with E-state index in [0.717, 1.165) is 5.56 Å². The van der Waals surface area contributed by atoms with Crippen LogP contribution < -0.4 is 16.2 Å². The number of hydrogen-bond acceptors (Lipinski definition) is 4. The van der Waals surface area contributed by atoms with Crippen LogP contribution in [-0.2, 0) is 0 Å². The van der Waals surface area contributed by atoms with Gasteiger partial charge in [-0.05, 0) is 36.9 Å². The topological polar surface area (TPSA) is 81.5 Å². The monoisotopic (exact) mass is 252 g/mol. The first-order chi connectivity index (χ1) is 8.56. The summed E-state index contributed by atoms with van der Waals surface area (Å²) in [5.41, 5.74) is 12.3. The van der Waals surface area contributed by atoms with Crippen LogP contribution in [0.3, 0.4) is 0 Å². The normalized spacial score (nSPS) is 14.6. The summed E-state index contributed by atoms with van der Waals surface area (Å²) in [6.45, 7) is 5.32. The largest absolute Gasteiger partial charge is 0.504 e. The predicted molar refractivity (Wildman–Crippen MR) is 73.8 cm³/mol. The molecule has 0 bridgehead atoms. The molecular formula is C14H24N2O2. The van der Waals surface area contributed by atoms with Gasteiger partial charge >= 0.3 is 0 Å². The third-order valence-electron chi connectivity index (χ3n) is 3.88. The SMILES string of the molecule is COc1cccc(C(C)C(C)C(CN)CN)c1O. The molecule has 4 heteroatoms. The molecule has 0 radical (unpaired) electrons. The van der Waals surface area contributed by atoms with Gasteiger partial charge in [0.25, 0.3) is 0 Å². The van der Waals surface area contributed by atoms with Crippen LogP contribution in [0.5, 0.6) is 11.5 Å². The first-order valence-corrected chi connectivity index (χ1v) is 6.32. The lowest BCUT2D eigenvalue weighted by molar-refractivity contribution is 0.316. The van der Waals surface area contributed by atoms with Crippen molar-refractivity contribution >= 4 is 0 Å². The molecule has 0 aliphatic carbocycles. The molecule has 0 fully saturated rings. The molecule has 1 aromatic rings. The summed E-state index contributed by atoms with van der Waals surface area (Å²) < 4.78 is 5.13. The van der Waals surface area contributed by atoms with Gasteiger partial charge in [0.15, 0.2) is 11.5 Å². The average Bonchev–Trinajstić information content (AvgIpc) is 2.39. The van der Waals surface area contributed by atoms with Crippen LogP contribution in [0.4, 0.5) is 0 Å². The zero-order valence-electron chi connectivity index (χ0n) is 11.4. The molecular weight excluding hydrogens is 228 g/mol. The second-order valence-electron chi connectivity index (χ2n) is 4.78. The molecule has 4 nitrogen and oxygen atoms in total. The average molecular weight is 252 g/mol. The van der Waals surface area contributed by atoms with Gasteiger partial charge in [0.05, 0.1) is 7.11 Å². The Morgan fingerprint density at radius 3 is 2.33 bits per heavy atom. The third-order valence-corrected chi connectivity index (χ3v) is 3.88. The van der Waals surface area contributed by atoms with Crippen molar-refractivity contribution in [2.45, 2.75) is 19.8 Å². The zero-order chi connectivity index (χ0) is 13.7. The molecule has 0 aliphatic rings. The Morgan fingerprint density at radius 2 is 1.83 bits per heavy atom. The molecule has 2 atom stereocenters. The fourth-order valence-corrected chi connectivity index (χ4v) is 2.29. The summed E-state index contributed by atoms with van der Waals surface area (Å²) >= 11 is 0. The fourth-order valence-electron chi connectivity index (χ4n) is 2.29. The summed E-state index contributed by atoms with van der Waals surface area (Å²) in [7, 11) is 1.55. The van der Waals surface area contributed by atoms with Gasteiger partial charge in [-0.15, -0.1) is 0 Å². The second kappa shape index (κ2) is 6.61. The molecule has 0 heterocycles. The maximum absolute atomic E-state index is 10.1. The summed E-state index contributed by atoms with van der Waals surface area (Å²) in [6.07, 6.45) is 0. The van der Waals surface area contributed by atoms with E-state index in [2.05, 4.69) is 13.8 Å². The van der Waals surface area contributed by atoms with Crippen molar-refractivity contribution in [3.05, 3.63) is 23.8 Å². The number of phenols is 1. The van der Waals surface area contributed by atoms with Crippen LogP contribution in [0, 0.1) is 11.8 Å². The number of aromatic hydroxyl groups is 1. The Morgan fingerprint density at radius 1 is 1.22 bits per heavy atom. The highest BCUT2D eigenvalue weighted by molar-refractivity contribution is 5.47. The fraction of sp³-hybridized carbons (Fsp3) is 0.571. The van der Waals surface area contributed by atoms with E-state index in [1.165, 1.54) is 0 Å². The minimum Gasteiger partial charge on any atom is -0.504 e. The van der Waals surface area contributed by atoms with Crippen LogP contribution in [0.15, 0.2) is 18.2 Å². The van der Waals surface area contributed by atoms with E-state index >= 15 is 0 Å². The smallest absolute Gasteiger partial charge is 0.161 e. The minimum atomic E-state index is 0.178. The van der Waals surface area contributed by atoms with E-state index in [1.54, 1.807) is 13.2 Å². The van der Waals surface area contributed by atoms with Crippen molar-refractivity contribution in [1.82, 2.24) is 0 Å². The first-order valence-electron chi connectivity index (χ1n) is 6.32. The maximum Gasteiger partial charge on any atom is 0.161 e. The lowest BCUT2D eigenvalue weighted by Gasteiger charge is -2.28. The highest BCUT2D eigenvalue weighted by Gasteiger charge is 2.24. The van der Waals surface area contributed by atoms with Crippen LogP contribution in [0.2, 0.25) is 0 Å². The Labute approximate surface area is 109 Å². The van der Waals surface area contributed by atoms with Gasteiger partial charge in [0.1, 0.15) is 0 Å². The Balaban J connectivity index is 2.99. The van der Waals surface area contributed by atoms with Gasteiger partial charge < -0.3 is 21.3 Å². The molecule has 0 aliphatic heterocycles. The number of phenolic OH excluding ortho intramolecular Hbond substituents is 1. The van der Waals surface area contributed by atoms with Crippen molar-refractivity contribution in [1.29, 1.82) is 0 Å². The molecule has 0 saturated heterocycles. The maximum atomic E-state index is 10.1. The van der Waals surface area contributed by atoms with Crippen molar-refractivity contribution in [3.8, 4) is 11.5 Å². The molecule has 5 N–H and O–H groups in total. The number of methoxy groups -OCH3 is 1. The molecule has 2 unspecified atom stereocenters. The van der Waals surface area contributed by atoms with Crippen molar-refractivity contribution < 1.29 is 9.84 Å². The Kier molecular flexibility index (Phi) is 5.44. The molecule has 0 saturated carbocycles. The van der Waals surface area contributed by atoms with E-state index in [0.29, 0.717) is 24.8 Å². The number of rotatable bonds is 6. The molecule has 1 rings (SSSR count). The molecule has 0 amide bonds. The highest BCUT2D eigenvalue weighted by Crippen LogP contribution is 2.38. The third kappa shape index (κ3) is 2.94. The lowest BCUT2D eigenvalue weighted by Crippen LogP contribution is -2.31. The minimum absolute atomic E-state index is 0.178. The lowest BCUT2D eigenvalue weighted by atomic mass is 9.80. The predicted octanol–water partition coefficient (Wildman–Crippen LogP) is 1.67. The molecule has 0 aromatic heterocycles. The summed E-state index contributed by atoms with van der Waals surface area (Å²) in [4.78, 5) is 0. The molecule has 1 aromatic carbocycles. The Hall–Kier alpha value is -1.26. The standard InChI is InChI=1S/C14H24N2O2/c1-9(11(7-15)8-16)10(2)12-5-4-6-13(18-3)14(12)17/h4-6,9-11,17H,7-8,15-16H2,1-3H3. The first kappa shape index (κ1) is 14.8. The molecule has 102 valence electrons. The zero-order valence-corrected chi connectivity index (χ0v) is 11.4.